The number of hydrogen-bond donors (Lipinski definition) is 1. The van der Waals surface area contributed by atoms with Crippen molar-refractivity contribution >= 4 is 23.2 Å². The molecule has 0 saturated heterocycles. The van der Waals surface area contributed by atoms with Crippen LogP contribution < -0.4 is 5.73 Å². The fourth-order valence-corrected chi connectivity index (χ4v) is 1.89. The van der Waals surface area contributed by atoms with Gasteiger partial charge in [0.25, 0.3) is 0 Å². The molecule has 14 heavy (non-hydrogen) atoms. The predicted octanol–water partition coefficient (Wildman–Crippen LogP) is 3.74. The van der Waals surface area contributed by atoms with Crippen molar-refractivity contribution in [2.45, 2.75) is 19.4 Å². The summed E-state index contributed by atoms with van der Waals surface area (Å²) >= 11 is 12.0. The van der Waals surface area contributed by atoms with Crippen molar-refractivity contribution in [2.24, 2.45) is 5.73 Å². The Morgan fingerprint density at radius 1 is 1.50 bits per heavy atom. The van der Waals surface area contributed by atoms with Gasteiger partial charge in [-0.3, -0.25) is 0 Å². The van der Waals surface area contributed by atoms with Gasteiger partial charge in [-0.05, 0) is 23.6 Å². The second-order valence-corrected chi connectivity index (χ2v) is 3.83. The first-order valence-corrected chi connectivity index (χ1v) is 5.22. The highest BCUT2D eigenvalue weighted by Crippen LogP contribution is 2.31. The van der Waals surface area contributed by atoms with Gasteiger partial charge >= 0.3 is 0 Å². The Hall–Kier alpha value is -0.500. The summed E-state index contributed by atoms with van der Waals surface area (Å²) in [5.74, 6) is 0. The molecule has 0 aromatic heterocycles. The normalized spacial score (nSPS) is 12.6. The Bertz CT molecular complexity index is 347. The molecule has 76 valence electrons. The lowest BCUT2D eigenvalue weighted by Gasteiger charge is -2.14. The molecule has 3 heteroatoms. The van der Waals surface area contributed by atoms with Crippen LogP contribution in [0.1, 0.15) is 24.1 Å². The van der Waals surface area contributed by atoms with Gasteiger partial charge in [0, 0.05) is 6.04 Å². The zero-order valence-corrected chi connectivity index (χ0v) is 9.57. The van der Waals surface area contributed by atoms with E-state index in [1.165, 1.54) is 0 Å². The topological polar surface area (TPSA) is 26.0 Å². The van der Waals surface area contributed by atoms with E-state index in [2.05, 4.69) is 6.58 Å². The summed E-state index contributed by atoms with van der Waals surface area (Å²) in [5.41, 5.74) is 7.87. The second-order valence-electron chi connectivity index (χ2n) is 3.04. The van der Waals surface area contributed by atoms with Crippen molar-refractivity contribution in [1.29, 1.82) is 0 Å². The third-order valence-electron chi connectivity index (χ3n) is 2.20. The molecule has 1 aromatic carbocycles. The Kier molecular flexibility index (Phi) is 3.99. The average molecular weight is 230 g/mol. The van der Waals surface area contributed by atoms with Crippen LogP contribution in [0.5, 0.6) is 0 Å². The minimum atomic E-state index is -0.181. The molecular formula is C11H13Cl2N. The van der Waals surface area contributed by atoms with Crippen molar-refractivity contribution in [1.82, 2.24) is 0 Å². The summed E-state index contributed by atoms with van der Waals surface area (Å²) in [4.78, 5) is 0. The van der Waals surface area contributed by atoms with Gasteiger partial charge in [0.2, 0.25) is 0 Å². The maximum Gasteiger partial charge on any atom is 0.0627 e. The minimum absolute atomic E-state index is 0.181. The van der Waals surface area contributed by atoms with Crippen LogP contribution in [0.15, 0.2) is 24.8 Å². The predicted molar refractivity (Wildman–Crippen MR) is 63.0 cm³/mol. The van der Waals surface area contributed by atoms with Crippen LogP contribution in [-0.2, 0) is 6.42 Å². The van der Waals surface area contributed by atoms with Crippen molar-refractivity contribution in [3.05, 3.63) is 46.0 Å². The van der Waals surface area contributed by atoms with E-state index in [-0.39, 0.29) is 6.04 Å². The Morgan fingerprint density at radius 2 is 2.14 bits per heavy atom. The first-order chi connectivity index (χ1) is 6.61. The summed E-state index contributed by atoms with van der Waals surface area (Å²) in [6.45, 7) is 5.69. The molecule has 0 unspecified atom stereocenters. The molecule has 0 bridgehead atoms. The van der Waals surface area contributed by atoms with Crippen LogP contribution in [-0.4, -0.2) is 0 Å². The fourth-order valence-electron chi connectivity index (χ4n) is 1.41. The molecule has 1 atom stereocenters. The number of halogens is 2. The molecular weight excluding hydrogens is 217 g/mol. The summed E-state index contributed by atoms with van der Waals surface area (Å²) < 4.78 is 0. The van der Waals surface area contributed by atoms with E-state index in [0.717, 1.165) is 17.5 Å². The van der Waals surface area contributed by atoms with E-state index in [4.69, 9.17) is 28.9 Å². The Labute approximate surface area is 94.5 Å². The molecule has 0 aliphatic heterocycles. The minimum Gasteiger partial charge on any atom is -0.321 e. The first-order valence-electron chi connectivity index (χ1n) is 4.46. The molecule has 0 aliphatic carbocycles. The van der Waals surface area contributed by atoms with E-state index in [9.17, 15) is 0 Å². The van der Waals surface area contributed by atoms with Gasteiger partial charge in [-0.25, -0.2) is 0 Å². The van der Waals surface area contributed by atoms with E-state index in [0.29, 0.717) is 10.0 Å². The lowest BCUT2D eigenvalue weighted by atomic mass is 9.99. The van der Waals surface area contributed by atoms with Crippen molar-refractivity contribution in [3.63, 3.8) is 0 Å². The van der Waals surface area contributed by atoms with E-state index in [1.807, 2.05) is 13.0 Å². The van der Waals surface area contributed by atoms with Crippen LogP contribution in [0.3, 0.4) is 0 Å². The standard InChI is InChI=1S/C11H13Cl2N/c1-3-7-8(10(14)4-2)5-6-9(12)11(7)13/h4-6,10H,2-3,14H2,1H3/t10-/m1/s1. The number of benzene rings is 1. The fraction of sp³-hybridized carbons (Fsp3) is 0.273. The molecule has 0 spiro atoms. The van der Waals surface area contributed by atoms with Crippen molar-refractivity contribution < 1.29 is 0 Å². The molecule has 0 aliphatic rings. The summed E-state index contributed by atoms with van der Waals surface area (Å²) in [5, 5.41) is 1.17. The van der Waals surface area contributed by atoms with Crippen LogP contribution >= 0.6 is 23.2 Å². The molecule has 0 amide bonds. The molecule has 1 aromatic rings. The van der Waals surface area contributed by atoms with Crippen LogP contribution in [0, 0.1) is 0 Å². The molecule has 0 heterocycles. The van der Waals surface area contributed by atoms with E-state index < -0.39 is 0 Å². The third kappa shape index (κ3) is 2.11. The highest BCUT2D eigenvalue weighted by Gasteiger charge is 2.12. The molecule has 2 N–H and O–H groups in total. The van der Waals surface area contributed by atoms with Crippen LogP contribution in [0.4, 0.5) is 0 Å². The van der Waals surface area contributed by atoms with Crippen molar-refractivity contribution in [3.8, 4) is 0 Å². The van der Waals surface area contributed by atoms with Gasteiger partial charge in [-0.15, -0.1) is 6.58 Å². The molecule has 0 fully saturated rings. The second kappa shape index (κ2) is 4.83. The SMILES string of the molecule is C=C[C@@H](N)c1ccc(Cl)c(Cl)c1CC. The van der Waals surface area contributed by atoms with E-state index >= 15 is 0 Å². The zero-order valence-electron chi connectivity index (χ0n) is 8.06. The Balaban J connectivity index is 3.30. The molecule has 0 radical (unpaired) electrons. The zero-order chi connectivity index (χ0) is 10.7. The quantitative estimate of drug-likeness (QED) is 0.786. The van der Waals surface area contributed by atoms with Gasteiger partial charge in [-0.1, -0.05) is 42.3 Å². The molecule has 1 nitrogen and oxygen atoms in total. The number of hydrogen-bond acceptors (Lipinski definition) is 1. The molecule has 1 rings (SSSR count). The number of rotatable bonds is 3. The van der Waals surface area contributed by atoms with Gasteiger partial charge in [0.05, 0.1) is 10.0 Å². The van der Waals surface area contributed by atoms with Gasteiger partial charge in [0.1, 0.15) is 0 Å². The summed E-state index contributed by atoms with van der Waals surface area (Å²) in [6.07, 6.45) is 2.51. The van der Waals surface area contributed by atoms with Crippen LogP contribution in [0.2, 0.25) is 10.0 Å². The van der Waals surface area contributed by atoms with Gasteiger partial charge in [-0.2, -0.15) is 0 Å². The molecule has 0 saturated carbocycles. The maximum atomic E-state index is 6.08. The summed E-state index contributed by atoms with van der Waals surface area (Å²) in [6, 6.07) is 3.49. The number of nitrogens with two attached hydrogens (primary N) is 1. The smallest absolute Gasteiger partial charge is 0.0627 e. The average Bonchev–Trinajstić information content (AvgIpc) is 2.20. The highest BCUT2D eigenvalue weighted by atomic mass is 35.5. The highest BCUT2D eigenvalue weighted by molar-refractivity contribution is 6.42. The van der Waals surface area contributed by atoms with E-state index in [1.54, 1.807) is 12.1 Å². The monoisotopic (exact) mass is 229 g/mol. The largest absolute Gasteiger partial charge is 0.321 e. The van der Waals surface area contributed by atoms with Crippen molar-refractivity contribution in [2.75, 3.05) is 0 Å². The third-order valence-corrected chi connectivity index (χ3v) is 3.04. The van der Waals surface area contributed by atoms with Crippen LogP contribution in [0.25, 0.3) is 0 Å². The summed E-state index contributed by atoms with van der Waals surface area (Å²) in [7, 11) is 0. The lowest BCUT2D eigenvalue weighted by molar-refractivity contribution is 0.886. The Morgan fingerprint density at radius 3 is 2.64 bits per heavy atom. The first kappa shape index (κ1) is 11.6. The lowest BCUT2D eigenvalue weighted by Crippen LogP contribution is -2.09. The maximum absolute atomic E-state index is 6.08. The van der Waals surface area contributed by atoms with Gasteiger partial charge < -0.3 is 5.73 Å². The van der Waals surface area contributed by atoms with Gasteiger partial charge in [0.15, 0.2) is 0 Å².